The molecule has 0 bridgehead atoms. The molecule has 2 aromatic carbocycles. The van der Waals surface area contributed by atoms with E-state index in [1.165, 1.54) is 4.57 Å². The number of hydrogen-bond acceptors (Lipinski definition) is 7. The van der Waals surface area contributed by atoms with Crippen molar-refractivity contribution in [3.8, 4) is 11.3 Å². The van der Waals surface area contributed by atoms with Crippen LogP contribution in [0.15, 0.2) is 80.9 Å². The topological polar surface area (TPSA) is 119 Å². The number of nitrogen functional groups attached to an aromatic ring is 1. The van der Waals surface area contributed by atoms with Gasteiger partial charge in [0.05, 0.1) is 25.9 Å². The van der Waals surface area contributed by atoms with Crippen molar-refractivity contribution in [2.24, 2.45) is 0 Å². The van der Waals surface area contributed by atoms with Crippen LogP contribution in [0.2, 0.25) is 0 Å². The predicted octanol–water partition coefficient (Wildman–Crippen LogP) is 2.48. The summed E-state index contributed by atoms with van der Waals surface area (Å²) < 4.78 is 12.5. The van der Waals surface area contributed by atoms with Crippen molar-refractivity contribution in [1.82, 2.24) is 14.5 Å². The van der Waals surface area contributed by atoms with Crippen molar-refractivity contribution >= 4 is 11.5 Å². The summed E-state index contributed by atoms with van der Waals surface area (Å²) in [6.07, 6.45) is 1.64. The minimum absolute atomic E-state index is 0.0681. The molecule has 9 nitrogen and oxygen atoms in total. The molecule has 0 fully saturated rings. The maximum atomic E-state index is 12.8. The van der Waals surface area contributed by atoms with E-state index in [0.717, 1.165) is 11.1 Å². The summed E-state index contributed by atoms with van der Waals surface area (Å²) in [5.41, 5.74) is 7.17. The fraction of sp³-hybridized carbons (Fsp3) is 0.208. The number of hydrogen-bond donors (Lipinski definition) is 2. The molecule has 0 amide bonds. The normalized spacial score (nSPS) is 10.9. The predicted molar refractivity (Wildman–Crippen MR) is 126 cm³/mol. The number of benzene rings is 2. The second kappa shape index (κ2) is 10.0. The van der Waals surface area contributed by atoms with E-state index in [0.29, 0.717) is 24.8 Å². The molecule has 2 aromatic heterocycles. The van der Waals surface area contributed by atoms with E-state index in [1.54, 1.807) is 18.2 Å². The fourth-order valence-corrected chi connectivity index (χ4v) is 3.56. The number of aromatic nitrogens is 3. The molecule has 4 aromatic rings. The summed E-state index contributed by atoms with van der Waals surface area (Å²) in [5.74, 6) is 1.09. The van der Waals surface area contributed by atoms with Crippen LogP contribution >= 0.6 is 0 Å². The first-order valence-corrected chi connectivity index (χ1v) is 10.5. The maximum absolute atomic E-state index is 12.8. The highest BCUT2D eigenvalue weighted by molar-refractivity contribution is 5.63. The number of aromatic amines is 1. The fourth-order valence-electron chi connectivity index (χ4n) is 3.56. The Morgan fingerprint density at radius 1 is 1.09 bits per heavy atom. The lowest BCUT2D eigenvalue weighted by Gasteiger charge is -2.24. The lowest BCUT2D eigenvalue weighted by Crippen LogP contribution is -2.39. The number of H-pyrrole nitrogens is 1. The molecule has 3 N–H and O–H groups in total. The van der Waals surface area contributed by atoms with Crippen LogP contribution in [0.1, 0.15) is 11.5 Å². The van der Waals surface area contributed by atoms with Gasteiger partial charge in [0.1, 0.15) is 11.5 Å². The van der Waals surface area contributed by atoms with Gasteiger partial charge >= 0.3 is 5.69 Å². The smallest absolute Gasteiger partial charge is 0.330 e. The molecule has 2 heterocycles. The molecule has 9 heteroatoms. The Kier molecular flexibility index (Phi) is 6.70. The number of nitrogens with zero attached hydrogens (tertiary/aromatic N) is 3. The van der Waals surface area contributed by atoms with Crippen molar-refractivity contribution in [3.63, 3.8) is 0 Å². The molecule has 0 aliphatic heterocycles. The Hall–Kier alpha value is -4.11. The van der Waals surface area contributed by atoms with Gasteiger partial charge in [-0.3, -0.25) is 14.3 Å². The molecule has 0 spiro atoms. The van der Waals surface area contributed by atoms with Crippen molar-refractivity contribution in [2.45, 2.75) is 13.1 Å². The quantitative estimate of drug-likeness (QED) is 0.404. The highest BCUT2D eigenvalue weighted by atomic mass is 16.5. The van der Waals surface area contributed by atoms with E-state index < -0.39 is 11.2 Å². The second-order valence-electron chi connectivity index (χ2n) is 7.46. The molecule has 0 aliphatic carbocycles. The van der Waals surface area contributed by atoms with Gasteiger partial charge in [0, 0.05) is 19.2 Å². The van der Waals surface area contributed by atoms with Crippen LogP contribution in [-0.4, -0.2) is 34.8 Å². The van der Waals surface area contributed by atoms with E-state index >= 15 is 0 Å². The van der Waals surface area contributed by atoms with Gasteiger partial charge in [-0.15, -0.1) is 0 Å². The Bertz CT molecular complexity index is 1310. The monoisotopic (exact) mass is 447 g/mol. The van der Waals surface area contributed by atoms with Crippen molar-refractivity contribution in [2.75, 3.05) is 30.9 Å². The molecule has 0 aliphatic rings. The maximum Gasteiger partial charge on any atom is 0.330 e. The van der Waals surface area contributed by atoms with Crippen LogP contribution in [0.4, 0.5) is 11.5 Å². The first-order valence-electron chi connectivity index (χ1n) is 10.5. The number of methoxy groups -OCH3 is 1. The zero-order chi connectivity index (χ0) is 23.2. The Morgan fingerprint density at radius 2 is 1.79 bits per heavy atom. The van der Waals surface area contributed by atoms with E-state index in [-0.39, 0.29) is 24.6 Å². The number of oxazole rings is 1. The number of ether oxygens (including phenoxy) is 1. The van der Waals surface area contributed by atoms with Crippen molar-refractivity contribution in [1.29, 1.82) is 0 Å². The van der Waals surface area contributed by atoms with Crippen LogP contribution in [0, 0.1) is 0 Å². The second-order valence-corrected chi connectivity index (χ2v) is 7.46. The van der Waals surface area contributed by atoms with Crippen LogP contribution in [0.5, 0.6) is 0 Å². The van der Waals surface area contributed by atoms with Gasteiger partial charge in [0.15, 0.2) is 5.76 Å². The van der Waals surface area contributed by atoms with Gasteiger partial charge in [-0.1, -0.05) is 60.7 Å². The lowest BCUT2D eigenvalue weighted by molar-refractivity contribution is 0.204. The Morgan fingerprint density at radius 3 is 2.48 bits per heavy atom. The first-order chi connectivity index (χ1) is 16.1. The van der Waals surface area contributed by atoms with E-state index in [1.807, 2.05) is 60.7 Å². The lowest BCUT2D eigenvalue weighted by atomic mass is 10.2. The van der Waals surface area contributed by atoms with E-state index in [4.69, 9.17) is 14.9 Å². The van der Waals surface area contributed by atoms with Crippen LogP contribution in [-0.2, 0) is 17.8 Å². The molecule has 33 heavy (non-hydrogen) atoms. The summed E-state index contributed by atoms with van der Waals surface area (Å²) in [5, 5.41) is 0. The molecule has 170 valence electrons. The van der Waals surface area contributed by atoms with Gasteiger partial charge in [-0.2, -0.15) is 0 Å². The molecule has 4 rings (SSSR count). The summed E-state index contributed by atoms with van der Waals surface area (Å²) in [6, 6.07) is 19.0. The van der Waals surface area contributed by atoms with Gasteiger partial charge < -0.3 is 19.8 Å². The standard InChI is InChI=1S/C24H25N5O4/c1-32-13-12-28(16-20-26-14-19(33-20)18-10-6-3-7-11-18)21-22(25)29(24(31)27-23(21)30)15-17-8-4-2-5-9-17/h2-11,14H,12-13,15-16,25H2,1H3,(H,27,30,31). The number of nitrogens with one attached hydrogen (secondary N) is 1. The Balaban J connectivity index is 1.68. The van der Waals surface area contributed by atoms with Crippen LogP contribution < -0.4 is 21.9 Å². The highest BCUT2D eigenvalue weighted by Crippen LogP contribution is 2.23. The Labute approximate surface area is 190 Å². The zero-order valence-electron chi connectivity index (χ0n) is 18.2. The number of rotatable bonds is 9. The van der Waals surface area contributed by atoms with Crippen LogP contribution in [0.25, 0.3) is 11.3 Å². The third kappa shape index (κ3) is 5.04. The highest BCUT2D eigenvalue weighted by Gasteiger charge is 2.21. The molecule has 0 unspecified atom stereocenters. The van der Waals surface area contributed by atoms with Gasteiger partial charge in [0.2, 0.25) is 5.89 Å². The molecule has 0 saturated carbocycles. The summed E-state index contributed by atoms with van der Waals surface area (Å²) in [7, 11) is 1.57. The summed E-state index contributed by atoms with van der Waals surface area (Å²) >= 11 is 0. The minimum Gasteiger partial charge on any atom is -0.439 e. The molecule has 0 atom stereocenters. The largest absolute Gasteiger partial charge is 0.439 e. The number of nitrogens with two attached hydrogens (primary N) is 1. The van der Waals surface area contributed by atoms with Crippen molar-refractivity contribution < 1.29 is 9.15 Å². The molecular weight excluding hydrogens is 422 g/mol. The summed E-state index contributed by atoms with van der Waals surface area (Å²) in [6.45, 7) is 1.08. The summed E-state index contributed by atoms with van der Waals surface area (Å²) in [4.78, 5) is 33.8. The van der Waals surface area contributed by atoms with E-state index in [9.17, 15) is 9.59 Å². The molecule has 0 radical (unpaired) electrons. The number of anilines is 2. The average Bonchev–Trinajstić information content (AvgIpc) is 3.30. The van der Waals surface area contributed by atoms with Gasteiger partial charge in [0.25, 0.3) is 5.56 Å². The molecular formula is C24H25N5O4. The van der Waals surface area contributed by atoms with Gasteiger partial charge in [-0.25, -0.2) is 9.78 Å². The molecule has 0 saturated heterocycles. The average molecular weight is 447 g/mol. The van der Waals surface area contributed by atoms with Crippen LogP contribution in [0.3, 0.4) is 0 Å². The minimum atomic E-state index is -0.576. The van der Waals surface area contributed by atoms with E-state index in [2.05, 4.69) is 9.97 Å². The third-order valence-electron chi connectivity index (χ3n) is 5.22. The zero-order valence-corrected chi connectivity index (χ0v) is 18.2. The SMILES string of the molecule is COCCN(Cc1ncc(-c2ccccc2)o1)c1c(N)n(Cc2ccccc2)c(=O)[nH]c1=O. The van der Waals surface area contributed by atoms with Gasteiger partial charge in [-0.05, 0) is 5.56 Å². The first kappa shape index (κ1) is 22.1. The van der Waals surface area contributed by atoms with Crippen molar-refractivity contribution in [3.05, 3.63) is 99.2 Å². The third-order valence-corrected chi connectivity index (χ3v) is 5.22.